The van der Waals surface area contributed by atoms with Crippen molar-refractivity contribution < 1.29 is 4.39 Å². The molecule has 0 saturated carbocycles. The van der Waals surface area contributed by atoms with Gasteiger partial charge in [0, 0.05) is 6.04 Å². The molecule has 1 atom stereocenters. The average Bonchev–Trinajstić information content (AvgIpc) is 2.08. The molecule has 0 bridgehead atoms. The van der Waals surface area contributed by atoms with Gasteiger partial charge in [0.2, 0.25) is 0 Å². The van der Waals surface area contributed by atoms with Gasteiger partial charge in [0.25, 0.3) is 0 Å². The van der Waals surface area contributed by atoms with Gasteiger partial charge in [-0.15, -0.1) is 12.4 Å². The van der Waals surface area contributed by atoms with Crippen LogP contribution in [0.1, 0.15) is 24.9 Å². The summed E-state index contributed by atoms with van der Waals surface area (Å²) in [6.07, 6.45) is 0.808. The van der Waals surface area contributed by atoms with E-state index in [1.807, 2.05) is 13.0 Å². The minimum absolute atomic E-state index is 0. The second-order valence-corrected chi connectivity index (χ2v) is 3.45. The van der Waals surface area contributed by atoms with E-state index in [1.165, 1.54) is 6.07 Å². The molecule has 0 aliphatic rings. The first-order valence-corrected chi connectivity index (χ1v) is 4.65. The molecule has 13 heavy (non-hydrogen) atoms. The maximum Gasteiger partial charge on any atom is 0.137 e. The Labute approximate surface area is 92.1 Å². The molecule has 0 heterocycles. The van der Waals surface area contributed by atoms with Gasteiger partial charge in [0.05, 0.1) is 4.47 Å². The minimum atomic E-state index is -0.253. The van der Waals surface area contributed by atoms with Crippen LogP contribution < -0.4 is 5.73 Å². The summed E-state index contributed by atoms with van der Waals surface area (Å²) >= 11 is 3.17. The highest BCUT2D eigenvalue weighted by Gasteiger charge is 2.10. The molecule has 0 saturated heterocycles. The van der Waals surface area contributed by atoms with Crippen LogP contribution in [-0.4, -0.2) is 0 Å². The molecule has 0 spiro atoms. The summed E-state index contributed by atoms with van der Waals surface area (Å²) in [4.78, 5) is 0. The fourth-order valence-corrected chi connectivity index (χ4v) is 1.59. The summed E-state index contributed by atoms with van der Waals surface area (Å²) in [7, 11) is 0. The molecule has 1 rings (SSSR count). The maximum atomic E-state index is 13.0. The molecule has 1 aromatic carbocycles. The van der Waals surface area contributed by atoms with Gasteiger partial charge in [0.15, 0.2) is 0 Å². The van der Waals surface area contributed by atoms with Crippen LogP contribution in [-0.2, 0) is 0 Å². The van der Waals surface area contributed by atoms with Gasteiger partial charge in [-0.05, 0) is 34.0 Å². The fourth-order valence-electron chi connectivity index (χ4n) is 1.03. The SMILES string of the molecule is CC[C@H](N)c1cccc(F)c1Br.Cl. The van der Waals surface area contributed by atoms with Crippen molar-refractivity contribution in [1.29, 1.82) is 0 Å². The molecule has 0 fully saturated rings. The molecule has 74 valence electrons. The number of rotatable bonds is 2. The van der Waals surface area contributed by atoms with Crippen molar-refractivity contribution >= 4 is 28.3 Å². The van der Waals surface area contributed by atoms with Crippen molar-refractivity contribution in [2.24, 2.45) is 5.73 Å². The predicted octanol–water partition coefficient (Wildman–Crippen LogP) is 3.42. The van der Waals surface area contributed by atoms with Crippen LogP contribution in [0.2, 0.25) is 0 Å². The topological polar surface area (TPSA) is 26.0 Å². The lowest BCUT2D eigenvalue weighted by Gasteiger charge is -2.11. The van der Waals surface area contributed by atoms with E-state index >= 15 is 0 Å². The lowest BCUT2D eigenvalue weighted by Crippen LogP contribution is -2.09. The Morgan fingerprint density at radius 1 is 1.54 bits per heavy atom. The number of nitrogens with two attached hydrogens (primary N) is 1. The lowest BCUT2D eigenvalue weighted by atomic mass is 10.1. The zero-order chi connectivity index (χ0) is 9.14. The van der Waals surface area contributed by atoms with E-state index in [9.17, 15) is 4.39 Å². The van der Waals surface area contributed by atoms with Crippen LogP contribution in [0.25, 0.3) is 0 Å². The van der Waals surface area contributed by atoms with Crippen molar-refractivity contribution in [2.75, 3.05) is 0 Å². The van der Waals surface area contributed by atoms with Crippen molar-refractivity contribution in [3.8, 4) is 0 Å². The smallest absolute Gasteiger partial charge is 0.137 e. The van der Waals surface area contributed by atoms with Crippen LogP contribution in [0.15, 0.2) is 22.7 Å². The maximum absolute atomic E-state index is 13.0. The Morgan fingerprint density at radius 3 is 2.69 bits per heavy atom. The molecule has 0 amide bonds. The Morgan fingerprint density at radius 2 is 2.15 bits per heavy atom. The normalized spacial score (nSPS) is 12.0. The summed E-state index contributed by atoms with van der Waals surface area (Å²) in [5.74, 6) is -0.253. The third-order valence-corrected chi connectivity index (χ3v) is 2.66. The van der Waals surface area contributed by atoms with Gasteiger partial charge in [-0.25, -0.2) is 4.39 Å². The Bertz CT molecular complexity index is 280. The second-order valence-electron chi connectivity index (χ2n) is 2.66. The van der Waals surface area contributed by atoms with Crippen LogP contribution in [0, 0.1) is 5.82 Å². The van der Waals surface area contributed by atoms with E-state index in [-0.39, 0.29) is 24.3 Å². The third-order valence-electron chi connectivity index (χ3n) is 1.82. The molecule has 0 radical (unpaired) electrons. The number of halogens is 3. The molecule has 2 N–H and O–H groups in total. The van der Waals surface area contributed by atoms with Crippen LogP contribution in [0.4, 0.5) is 4.39 Å². The standard InChI is InChI=1S/C9H11BrFN.ClH/c1-2-8(12)6-4-3-5-7(11)9(6)10;/h3-5,8H,2,12H2,1H3;1H/t8-;/m0./s1. The van der Waals surface area contributed by atoms with Gasteiger partial charge in [-0.3, -0.25) is 0 Å². The highest BCUT2D eigenvalue weighted by atomic mass is 79.9. The summed E-state index contributed by atoms with van der Waals surface area (Å²) in [6, 6.07) is 4.83. The second kappa shape index (κ2) is 5.58. The van der Waals surface area contributed by atoms with E-state index in [2.05, 4.69) is 15.9 Å². The molecule has 1 nitrogen and oxygen atoms in total. The van der Waals surface area contributed by atoms with Crippen molar-refractivity contribution in [3.63, 3.8) is 0 Å². The summed E-state index contributed by atoms with van der Waals surface area (Å²) in [5, 5.41) is 0. The Kier molecular flexibility index (Phi) is 5.53. The van der Waals surface area contributed by atoms with Gasteiger partial charge in [-0.1, -0.05) is 19.1 Å². The first-order chi connectivity index (χ1) is 5.66. The van der Waals surface area contributed by atoms with Crippen LogP contribution in [0.5, 0.6) is 0 Å². The highest BCUT2D eigenvalue weighted by molar-refractivity contribution is 9.10. The third kappa shape index (κ3) is 2.93. The lowest BCUT2D eigenvalue weighted by molar-refractivity contribution is 0.608. The molecule has 1 aromatic rings. The summed E-state index contributed by atoms with van der Waals surface area (Å²) in [5.41, 5.74) is 6.60. The summed E-state index contributed by atoms with van der Waals surface area (Å²) in [6.45, 7) is 1.97. The van der Waals surface area contributed by atoms with Crippen molar-refractivity contribution in [1.82, 2.24) is 0 Å². The largest absolute Gasteiger partial charge is 0.324 e. The monoisotopic (exact) mass is 267 g/mol. The molecule has 4 heteroatoms. The first-order valence-electron chi connectivity index (χ1n) is 3.86. The van der Waals surface area contributed by atoms with E-state index in [1.54, 1.807) is 6.07 Å². The highest BCUT2D eigenvalue weighted by Crippen LogP contribution is 2.25. The van der Waals surface area contributed by atoms with E-state index in [0.717, 1.165) is 12.0 Å². The zero-order valence-corrected chi connectivity index (χ0v) is 9.66. The Balaban J connectivity index is 0.00000144. The van der Waals surface area contributed by atoms with Gasteiger partial charge in [-0.2, -0.15) is 0 Å². The number of hydrogen-bond donors (Lipinski definition) is 1. The quantitative estimate of drug-likeness (QED) is 0.874. The average molecular weight is 269 g/mol. The van der Waals surface area contributed by atoms with Gasteiger partial charge >= 0.3 is 0 Å². The van der Waals surface area contributed by atoms with Crippen molar-refractivity contribution in [3.05, 3.63) is 34.1 Å². The molecular weight excluding hydrogens is 256 g/mol. The van der Waals surface area contributed by atoms with Gasteiger partial charge < -0.3 is 5.73 Å². The van der Waals surface area contributed by atoms with Crippen LogP contribution in [0.3, 0.4) is 0 Å². The van der Waals surface area contributed by atoms with Gasteiger partial charge in [0.1, 0.15) is 5.82 Å². The minimum Gasteiger partial charge on any atom is -0.324 e. The first kappa shape index (κ1) is 12.9. The van der Waals surface area contributed by atoms with E-state index in [0.29, 0.717) is 4.47 Å². The summed E-state index contributed by atoms with van der Waals surface area (Å²) < 4.78 is 13.5. The molecule has 0 aliphatic carbocycles. The van der Waals surface area contributed by atoms with Crippen LogP contribution >= 0.6 is 28.3 Å². The molecule has 0 unspecified atom stereocenters. The predicted molar refractivity (Wildman–Crippen MR) is 58.6 cm³/mol. The Hall–Kier alpha value is -0.120. The van der Waals surface area contributed by atoms with Crippen molar-refractivity contribution in [2.45, 2.75) is 19.4 Å². The molecule has 0 aromatic heterocycles. The van der Waals surface area contributed by atoms with E-state index < -0.39 is 0 Å². The zero-order valence-electron chi connectivity index (χ0n) is 7.26. The fraction of sp³-hybridized carbons (Fsp3) is 0.333. The molecular formula is C9H12BrClFN. The number of benzene rings is 1. The molecule has 0 aliphatic heterocycles. The number of hydrogen-bond acceptors (Lipinski definition) is 1. The van der Waals surface area contributed by atoms with E-state index in [4.69, 9.17) is 5.73 Å².